The van der Waals surface area contributed by atoms with E-state index in [0.29, 0.717) is 30.0 Å². The highest BCUT2D eigenvalue weighted by molar-refractivity contribution is 6.06. The van der Waals surface area contributed by atoms with Crippen molar-refractivity contribution in [2.45, 2.75) is 39.5 Å². The highest BCUT2D eigenvalue weighted by Crippen LogP contribution is 2.62. The summed E-state index contributed by atoms with van der Waals surface area (Å²) >= 11 is 0. The lowest BCUT2D eigenvalue weighted by atomic mass is 9.50. The van der Waals surface area contributed by atoms with E-state index >= 15 is 0 Å². The lowest BCUT2D eigenvalue weighted by molar-refractivity contribution is -0.130. The lowest BCUT2D eigenvalue weighted by Gasteiger charge is -2.53. The van der Waals surface area contributed by atoms with E-state index in [0.717, 1.165) is 24.8 Å². The van der Waals surface area contributed by atoms with Crippen LogP contribution in [0.25, 0.3) is 10.4 Å². The molecule has 5 heteroatoms. The summed E-state index contributed by atoms with van der Waals surface area (Å²) in [4.78, 5) is 27.4. The van der Waals surface area contributed by atoms with E-state index < -0.39 is 0 Å². The number of hydrogen-bond donors (Lipinski definition) is 0. The molecule has 0 radical (unpaired) electrons. The molecule has 0 bridgehead atoms. The molecule has 0 aromatic heterocycles. The van der Waals surface area contributed by atoms with E-state index in [2.05, 4.69) is 29.9 Å². The van der Waals surface area contributed by atoms with Crippen molar-refractivity contribution in [1.29, 1.82) is 0 Å². The number of Topliss-reactive ketones (excluding diaryl/α,β-unsaturated/α-hetero) is 1. The predicted octanol–water partition coefficient (Wildman–Crippen LogP) is 4.28. The molecule has 0 unspecified atom stereocenters. The van der Waals surface area contributed by atoms with E-state index in [1.165, 1.54) is 0 Å². The molecule has 0 aliphatic heterocycles. The van der Waals surface area contributed by atoms with E-state index in [4.69, 9.17) is 5.53 Å². The Balaban J connectivity index is 1.84. The zero-order valence-electron chi connectivity index (χ0n) is 14.0. The first-order valence-corrected chi connectivity index (χ1v) is 8.67. The van der Waals surface area contributed by atoms with Crippen LogP contribution in [0.15, 0.2) is 40.7 Å². The van der Waals surface area contributed by atoms with Gasteiger partial charge in [0.15, 0.2) is 5.78 Å². The third-order valence-electron chi connectivity index (χ3n) is 7.09. The minimum absolute atomic E-state index is 0.190. The van der Waals surface area contributed by atoms with Crippen molar-refractivity contribution in [3.05, 3.63) is 46.0 Å². The van der Waals surface area contributed by atoms with Crippen molar-refractivity contribution >= 4 is 11.6 Å². The molecule has 4 aliphatic carbocycles. The molecule has 4 rings (SSSR count). The maximum atomic E-state index is 12.4. The van der Waals surface area contributed by atoms with E-state index in [9.17, 15) is 9.59 Å². The van der Waals surface area contributed by atoms with Crippen molar-refractivity contribution in [3.63, 3.8) is 0 Å². The predicted molar refractivity (Wildman–Crippen MR) is 89.6 cm³/mol. The Morgan fingerprint density at radius 3 is 2.75 bits per heavy atom. The maximum Gasteiger partial charge on any atom is 0.188 e. The maximum absolute atomic E-state index is 12.4. The Morgan fingerprint density at radius 2 is 2.00 bits per heavy atom. The van der Waals surface area contributed by atoms with Gasteiger partial charge in [0.25, 0.3) is 0 Å². The summed E-state index contributed by atoms with van der Waals surface area (Å²) < 4.78 is 0. The van der Waals surface area contributed by atoms with Gasteiger partial charge in [0.05, 0.1) is 5.70 Å². The van der Waals surface area contributed by atoms with E-state index in [1.54, 1.807) is 6.08 Å². The summed E-state index contributed by atoms with van der Waals surface area (Å²) in [5.74, 6) is 1.26. The molecule has 5 nitrogen and oxygen atoms in total. The number of carbonyl (C=O) groups is 2. The Labute approximate surface area is 141 Å². The highest BCUT2D eigenvalue weighted by Gasteiger charge is 2.57. The van der Waals surface area contributed by atoms with Crippen LogP contribution in [0.1, 0.15) is 39.5 Å². The third kappa shape index (κ3) is 1.79. The summed E-state index contributed by atoms with van der Waals surface area (Å²) in [5, 5.41) is 3.68. The molecule has 124 valence electrons. The Kier molecular flexibility index (Phi) is 3.17. The van der Waals surface area contributed by atoms with Crippen LogP contribution in [0.3, 0.4) is 0 Å². The second kappa shape index (κ2) is 4.93. The van der Waals surface area contributed by atoms with Gasteiger partial charge in [-0.15, -0.1) is 0 Å². The Hall–Kier alpha value is -2.13. The van der Waals surface area contributed by atoms with Gasteiger partial charge in [-0.2, -0.15) is 0 Å². The van der Waals surface area contributed by atoms with Gasteiger partial charge in [0.1, 0.15) is 5.78 Å². The highest BCUT2D eigenvalue weighted by atomic mass is 16.1. The van der Waals surface area contributed by atoms with Crippen molar-refractivity contribution in [1.82, 2.24) is 0 Å². The fourth-order valence-corrected chi connectivity index (χ4v) is 5.68. The first-order valence-electron chi connectivity index (χ1n) is 8.67. The second-order valence-corrected chi connectivity index (χ2v) is 8.00. The third-order valence-corrected chi connectivity index (χ3v) is 7.09. The van der Waals surface area contributed by atoms with Crippen molar-refractivity contribution < 1.29 is 9.59 Å². The second-order valence-electron chi connectivity index (χ2n) is 8.00. The molecule has 0 aromatic rings. The largest absolute Gasteiger partial charge is 0.299 e. The zero-order valence-corrected chi connectivity index (χ0v) is 14.0. The standard InChI is InChI=1S/C19H21N3O2/c1-18-10-8-15(23)17(21-22-20)14(18)4-3-11-12-5-6-16(24)19(12,2)9-7-13(11)18/h3-4,8,10-13H,5-7,9H2,1-2H3/t11-,12-,13-,18+,19-/m0/s1. The van der Waals surface area contributed by atoms with E-state index in [1.807, 2.05) is 12.2 Å². The lowest BCUT2D eigenvalue weighted by Crippen LogP contribution is -2.48. The summed E-state index contributed by atoms with van der Waals surface area (Å²) in [6.07, 6.45) is 11.2. The monoisotopic (exact) mass is 323 g/mol. The van der Waals surface area contributed by atoms with Crippen molar-refractivity contribution in [2.75, 3.05) is 0 Å². The molecule has 0 saturated heterocycles. The SMILES string of the molecule is C[C@]12C=CC(=O)C(N=[N+]=[N-])=C1C=C[C@@H]1[C@@H]2CC[C@]2(C)C(=O)CC[C@@H]12. The van der Waals surface area contributed by atoms with Gasteiger partial charge in [-0.3, -0.25) is 9.59 Å². The molecule has 2 saturated carbocycles. The van der Waals surface area contributed by atoms with Crippen molar-refractivity contribution in [2.24, 2.45) is 33.7 Å². The number of nitrogens with zero attached hydrogens (tertiary/aromatic N) is 3. The molecule has 4 aliphatic rings. The quantitative estimate of drug-likeness (QED) is 0.410. The van der Waals surface area contributed by atoms with Crippen LogP contribution in [0.4, 0.5) is 0 Å². The number of azide groups is 1. The topological polar surface area (TPSA) is 82.9 Å². The van der Waals surface area contributed by atoms with Gasteiger partial charge in [0, 0.05) is 22.2 Å². The van der Waals surface area contributed by atoms with Gasteiger partial charge >= 0.3 is 0 Å². The number of fused-ring (bicyclic) bond motifs is 5. The molecule has 24 heavy (non-hydrogen) atoms. The number of allylic oxidation sites excluding steroid dienone is 5. The Morgan fingerprint density at radius 1 is 1.21 bits per heavy atom. The van der Waals surface area contributed by atoms with Crippen LogP contribution in [-0.2, 0) is 9.59 Å². The number of ketones is 2. The molecule has 0 aromatic carbocycles. The fraction of sp³-hybridized carbons (Fsp3) is 0.579. The van der Waals surface area contributed by atoms with Gasteiger partial charge < -0.3 is 0 Å². The molecule has 2 fully saturated rings. The van der Waals surface area contributed by atoms with Gasteiger partial charge in [-0.05, 0) is 54.2 Å². The van der Waals surface area contributed by atoms with Crippen LogP contribution in [0.5, 0.6) is 0 Å². The average Bonchev–Trinajstić information content (AvgIpc) is 2.86. The van der Waals surface area contributed by atoms with Gasteiger partial charge in [0.2, 0.25) is 0 Å². The summed E-state index contributed by atoms with van der Waals surface area (Å²) in [7, 11) is 0. The van der Waals surface area contributed by atoms with Crippen LogP contribution in [0, 0.1) is 28.6 Å². The van der Waals surface area contributed by atoms with Gasteiger partial charge in [-0.25, -0.2) is 0 Å². The Bertz CT molecular complexity index is 786. The van der Waals surface area contributed by atoms with Crippen LogP contribution in [0.2, 0.25) is 0 Å². The molecular formula is C19H21N3O2. The normalized spacial score (nSPS) is 43.2. The van der Waals surface area contributed by atoms with Gasteiger partial charge in [-0.1, -0.05) is 37.2 Å². The summed E-state index contributed by atoms with van der Waals surface area (Å²) in [6, 6.07) is 0. The zero-order chi connectivity index (χ0) is 17.1. The first-order chi connectivity index (χ1) is 11.4. The van der Waals surface area contributed by atoms with Crippen LogP contribution >= 0.6 is 0 Å². The molecule has 5 atom stereocenters. The first kappa shape index (κ1) is 15.4. The summed E-state index contributed by atoms with van der Waals surface area (Å²) in [6.45, 7) is 4.27. The fourth-order valence-electron chi connectivity index (χ4n) is 5.68. The minimum Gasteiger partial charge on any atom is -0.299 e. The molecule has 0 spiro atoms. The number of carbonyl (C=O) groups excluding carboxylic acids is 2. The average molecular weight is 323 g/mol. The van der Waals surface area contributed by atoms with Crippen LogP contribution in [-0.4, -0.2) is 11.6 Å². The van der Waals surface area contributed by atoms with Crippen molar-refractivity contribution in [3.8, 4) is 0 Å². The molecule has 0 amide bonds. The minimum atomic E-state index is -0.302. The smallest absolute Gasteiger partial charge is 0.188 e. The van der Waals surface area contributed by atoms with E-state index in [-0.39, 0.29) is 22.3 Å². The molecule has 0 N–H and O–H groups in total. The summed E-state index contributed by atoms with van der Waals surface area (Å²) in [5.41, 5.74) is 9.39. The molecule has 0 heterocycles. The van der Waals surface area contributed by atoms with Crippen LogP contribution < -0.4 is 0 Å². The number of rotatable bonds is 1. The number of hydrogen-bond acceptors (Lipinski definition) is 3. The molecular weight excluding hydrogens is 302 g/mol.